The van der Waals surface area contributed by atoms with Crippen molar-refractivity contribution < 1.29 is 18.0 Å². The van der Waals surface area contributed by atoms with Gasteiger partial charge in [0.2, 0.25) is 0 Å². The van der Waals surface area contributed by atoms with Crippen molar-refractivity contribution in [3.05, 3.63) is 58.3 Å². The summed E-state index contributed by atoms with van der Waals surface area (Å²) in [5.74, 6) is -0.682. The van der Waals surface area contributed by atoms with Crippen LogP contribution in [0.4, 0.5) is 13.2 Å². The first kappa shape index (κ1) is 18.1. The molecule has 0 spiro atoms. The van der Waals surface area contributed by atoms with Crippen LogP contribution in [0.15, 0.2) is 42.0 Å². The molecule has 0 fully saturated rings. The van der Waals surface area contributed by atoms with Crippen LogP contribution < -0.4 is 11.5 Å². The summed E-state index contributed by atoms with van der Waals surface area (Å²) in [4.78, 5) is 19.9. The second kappa shape index (κ2) is 6.89. The van der Waals surface area contributed by atoms with Gasteiger partial charge in [-0.2, -0.15) is 13.2 Å². The molecule has 26 heavy (non-hydrogen) atoms. The van der Waals surface area contributed by atoms with E-state index >= 15 is 0 Å². The molecule has 0 aromatic carbocycles. The fraction of sp³-hybridized carbons (Fsp3) is 0.188. The van der Waals surface area contributed by atoms with Crippen LogP contribution in [0.1, 0.15) is 27.1 Å². The molecular weight excluding hydrogens is 367 g/mol. The highest BCUT2D eigenvalue weighted by molar-refractivity contribution is 7.09. The predicted molar refractivity (Wildman–Crippen MR) is 90.5 cm³/mol. The zero-order valence-corrected chi connectivity index (χ0v) is 14.1. The maximum atomic E-state index is 12.8. The molecule has 3 heterocycles. The zero-order valence-electron chi connectivity index (χ0n) is 13.3. The monoisotopic (exact) mass is 381 g/mol. The van der Waals surface area contributed by atoms with Crippen LogP contribution in [-0.2, 0) is 6.18 Å². The summed E-state index contributed by atoms with van der Waals surface area (Å²) in [7, 11) is 0. The minimum Gasteiger partial charge on any atom is -0.364 e. The van der Waals surface area contributed by atoms with Crippen LogP contribution in [0.5, 0.6) is 0 Å². The number of hydrogen-bond acceptors (Lipinski definition) is 5. The van der Waals surface area contributed by atoms with Gasteiger partial charge in [0.1, 0.15) is 10.7 Å². The molecule has 0 bridgehead atoms. The van der Waals surface area contributed by atoms with Crippen LogP contribution in [0, 0.1) is 0 Å². The Labute approximate surface area is 150 Å². The van der Waals surface area contributed by atoms with E-state index in [4.69, 9.17) is 11.5 Å². The van der Waals surface area contributed by atoms with E-state index in [0.717, 1.165) is 12.3 Å². The number of hydrogen-bond donors (Lipinski definition) is 2. The number of thiazole rings is 1. The Morgan fingerprint density at radius 1 is 1.23 bits per heavy atom. The molecule has 1 unspecified atom stereocenters. The van der Waals surface area contributed by atoms with E-state index in [1.807, 2.05) is 0 Å². The second-order valence-electron chi connectivity index (χ2n) is 5.39. The molecule has 0 aliphatic carbocycles. The van der Waals surface area contributed by atoms with Gasteiger partial charge in [-0.3, -0.25) is 9.78 Å². The molecular formula is C16H14F3N5OS. The maximum Gasteiger partial charge on any atom is 0.417 e. The number of carbonyl (C=O) groups excluding carboxylic acids is 1. The summed E-state index contributed by atoms with van der Waals surface area (Å²) < 4.78 is 39.8. The lowest BCUT2D eigenvalue weighted by Crippen LogP contribution is -2.26. The second-order valence-corrected chi connectivity index (χ2v) is 6.32. The number of pyridine rings is 1. The molecule has 3 aromatic rings. The fourth-order valence-electron chi connectivity index (χ4n) is 2.62. The Morgan fingerprint density at radius 2 is 2.00 bits per heavy atom. The Balaban J connectivity index is 2.12. The van der Waals surface area contributed by atoms with Gasteiger partial charge in [0.25, 0.3) is 5.91 Å². The predicted octanol–water partition coefficient (Wildman–Crippen LogP) is 2.67. The molecule has 3 aromatic heterocycles. The lowest BCUT2D eigenvalue weighted by molar-refractivity contribution is -0.137. The first-order valence-corrected chi connectivity index (χ1v) is 8.35. The number of nitrogens with zero attached hydrogens (tertiary/aromatic N) is 3. The van der Waals surface area contributed by atoms with Gasteiger partial charge in [-0.15, -0.1) is 11.3 Å². The molecule has 10 heteroatoms. The number of aromatic nitrogens is 3. The Bertz CT molecular complexity index is 903. The Morgan fingerprint density at radius 3 is 2.50 bits per heavy atom. The van der Waals surface area contributed by atoms with Gasteiger partial charge in [0.15, 0.2) is 0 Å². The van der Waals surface area contributed by atoms with E-state index in [0.29, 0.717) is 10.7 Å². The number of carbonyl (C=O) groups is 1. The Kier molecular flexibility index (Phi) is 4.79. The highest BCUT2D eigenvalue weighted by atomic mass is 32.1. The van der Waals surface area contributed by atoms with Crippen molar-refractivity contribution in [3.63, 3.8) is 0 Å². The fourth-order valence-corrected chi connectivity index (χ4v) is 3.36. The zero-order chi connectivity index (χ0) is 18.9. The van der Waals surface area contributed by atoms with Crippen molar-refractivity contribution in [1.29, 1.82) is 0 Å². The summed E-state index contributed by atoms with van der Waals surface area (Å²) in [5.41, 5.74) is 11.3. The average Bonchev–Trinajstić information content (AvgIpc) is 3.25. The standard InChI is InChI=1S/C16H14F3N5OS/c17-16(18,19)9-1-2-10(23-8-9)11-3-4-12(14(21)25)24(11)13(7-20)15-22-5-6-26-15/h1-6,8,13H,7,20H2,(H2,21,25). The molecule has 4 N–H and O–H groups in total. The smallest absolute Gasteiger partial charge is 0.364 e. The molecule has 136 valence electrons. The van der Waals surface area contributed by atoms with Crippen molar-refractivity contribution in [2.75, 3.05) is 6.54 Å². The van der Waals surface area contributed by atoms with Crippen LogP contribution in [-0.4, -0.2) is 27.0 Å². The summed E-state index contributed by atoms with van der Waals surface area (Å²) in [5, 5.41) is 2.42. The number of amides is 1. The van der Waals surface area contributed by atoms with Gasteiger partial charge in [0.05, 0.1) is 23.0 Å². The molecule has 1 atom stereocenters. The normalized spacial score (nSPS) is 12.9. The van der Waals surface area contributed by atoms with Gasteiger partial charge >= 0.3 is 6.18 Å². The third-order valence-electron chi connectivity index (χ3n) is 3.80. The topological polar surface area (TPSA) is 99.8 Å². The molecule has 3 rings (SSSR count). The van der Waals surface area contributed by atoms with Crippen molar-refractivity contribution >= 4 is 17.2 Å². The van der Waals surface area contributed by atoms with Gasteiger partial charge < -0.3 is 16.0 Å². The summed E-state index contributed by atoms with van der Waals surface area (Å²) in [6.45, 7) is 0.121. The third kappa shape index (κ3) is 3.33. The summed E-state index contributed by atoms with van der Waals surface area (Å²) >= 11 is 1.35. The van der Waals surface area contributed by atoms with E-state index in [1.54, 1.807) is 22.2 Å². The highest BCUT2D eigenvalue weighted by Gasteiger charge is 2.31. The van der Waals surface area contributed by atoms with Gasteiger partial charge in [0, 0.05) is 24.3 Å². The number of rotatable bonds is 5. The molecule has 0 saturated heterocycles. The van der Waals surface area contributed by atoms with Crippen LogP contribution in [0.3, 0.4) is 0 Å². The summed E-state index contributed by atoms with van der Waals surface area (Å²) in [6, 6.07) is 4.75. The SMILES string of the molecule is NCC(c1nccs1)n1c(C(N)=O)ccc1-c1ccc(C(F)(F)F)cn1. The van der Waals surface area contributed by atoms with Gasteiger partial charge in [-0.1, -0.05) is 0 Å². The van der Waals surface area contributed by atoms with Crippen LogP contribution >= 0.6 is 11.3 Å². The van der Waals surface area contributed by atoms with E-state index < -0.39 is 23.7 Å². The molecule has 6 nitrogen and oxygen atoms in total. The lowest BCUT2D eigenvalue weighted by Gasteiger charge is -2.20. The number of primary amides is 1. The minimum atomic E-state index is -4.48. The molecule has 0 saturated carbocycles. The molecule has 0 aliphatic rings. The maximum absolute atomic E-state index is 12.8. The summed E-state index contributed by atoms with van der Waals surface area (Å²) in [6.07, 6.45) is -2.13. The number of nitrogens with two attached hydrogens (primary N) is 2. The minimum absolute atomic E-state index is 0.121. The number of alkyl halides is 3. The van der Waals surface area contributed by atoms with E-state index in [1.165, 1.54) is 23.5 Å². The van der Waals surface area contributed by atoms with E-state index in [2.05, 4.69) is 9.97 Å². The quantitative estimate of drug-likeness (QED) is 0.710. The van der Waals surface area contributed by atoms with E-state index in [-0.39, 0.29) is 17.9 Å². The van der Waals surface area contributed by atoms with Crippen molar-refractivity contribution in [1.82, 2.24) is 14.5 Å². The average molecular weight is 381 g/mol. The van der Waals surface area contributed by atoms with Crippen LogP contribution in [0.2, 0.25) is 0 Å². The van der Waals surface area contributed by atoms with Crippen molar-refractivity contribution in [3.8, 4) is 11.4 Å². The first-order valence-electron chi connectivity index (χ1n) is 7.47. The van der Waals surface area contributed by atoms with E-state index in [9.17, 15) is 18.0 Å². The molecule has 1 amide bonds. The van der Waals surface area contributed by atoms with Gasteiger partial charge in [-0.25, -0.2) is 4.98 Å². The van der Waals surface area contributed by atoms with Crippen LogP contribution in [0.25, 0.3) is 11.4 Å². The first-order chi connectivity index (χ1) is 12.3. The van der Waals surface area contributed by atoms with Crippen molar-refractivity contribution in [2.24, 2.45) is 11.5 Å². The number of halogens is 3. The van der Waals surface area contributed by atoms with Gasteiger partial charge in [-0.05, 0) is 24.3 Å². The van der Waals surface area contributed by atoms with Crippen molar-refractivity contribution in [2.45, 2.75) is 12.2 Å². The lowest BCUT2D eigenvalue weighted by atomic mass is 10.2. The molecule has 0 aliphatic heterocycles. The highest BCUT2D eigenvalue weighted by Crippen LogP contribution is 2.32. The third-order valence-corrected chi connectivity index (χ3v) is 4.67. The largest absolute Gasteiger partial charge is 0.417 e. The molecule has 0 radical (unpaired) electrons. The Hall–Kier alpha value is -2.72.